The van der Waals surface area contributed by atoms with Crippen molar-refractivity contribution in [3.8, 4) is 0 Å². The number of carboxylic acids is 1. The fourth-order valence-corrected chi connectivity index (χ4v) is 2.23. The number of hydrogen-bond acceptors (Lipinski definition) is 4. The van der Waals surface area contributed by atoms with E-state index in [9.17, 15) is 19.5 Å². The highest BCUT2D eigenvalue weighted by molar-refractivity contribution is 5.94. The van der Waals surface area contributed by atoms with E-state index < -0.39 is 23.5 Å². The van der Waals surface area contributed by atoms with Crippen molar-refractivity contribution >= 4 is 11.9 Å². The van der Waals surface area contributed by atoms with Gasteiger partial charge in [-0.05, 0) is 18.8 Å². The molecule has 2 heterocycles. The molecule has 1 aromatic rings. The van der Waals surface area contributed by atoms with Crippen molar-refractivity contribution < 1.29 is 14.7 Å². The van der Waals surface area contributed by atoms with Crippen LogP contribution in [0.4, 0.5) is 0 Å². The van der Waals surface area contributed by atoms with E-state index in [2.05, 4.69) is 9.97 Å². The number of nitrogens with zero attached hydrogens (tertiary/aromatic N) is 2. The Morgan fingerprint density at radius 2 is 2.26 bits per heavy atom. The van der Waals surface area contributed by atoms with Crippen LogP contribution in [0.1, 0.15) is 30.3 Å². The lowest BCUT2D eigenvalue weighted by molar-refractivity contribution is -0.144. The van der Waals surface area contributed by atoms with Gasteiger partial charge in [-0.15, -0.1) is 0 Å². The van der Waals surface area contributed by atoms with E-state index in [1.807, 2.05) is 6.92 Å². The van der Waals surface area contributed by atoms with Gasteiger partial charge in [-0.25, -0.2) is 9.78 Å². The van der Waals surface area contributed by atoms with Gasteiger partial charge in [0.2, 0.25) is 0 Å². The Morgan fingerprint density at radius 3 is 2.84 bits per heavy atom. The molecule has 0 aliphatic carbocycles. The smallest absolute Gasteiger partial charge is 0.326 e. The molecule has 1 amide bonds. The van der Waals surface area contributed by atoms with E-state index in [-0.39, 0.29) is 11.6 Å². The van der Waals surface area contributed by atoms with E-state index in [4.69, 9.17) is 0 Å². The quantitative estimate of drug-likeness (QED) is 0.789. The first-order chi connectivity index (χ1) is 8.99. The van der Waals surface area contributed by atoms with Crippen molar-refractivity contribution in [2.75, 3.05) is 6.54 Å². The highest BCUT2D eigenvalue weighted by atomic mass is 16.4. The number of aromatic amines is 1. The molecule has 7 heteroatoms. The van der Waals surface area contributed by atoms with Crippen LogP contribution in [0.15, 0.2) is 17.2 Å². The Morgan fingerprint density at radius 1 is 1.53 bits per heavy atom. The molecule has 0 saturated carbocycles. The zero-order valence-electron chi connectivity index (χ0n) is 10.5. The summed E-state index contributed by atoms with van der Waals surface area (Å²) in [5.74, 6) is -1.20. The van der Waals surface area contributed by atoms with Crippen molar-refractivity contribution in [3.05, 3.63) is 28.4 Å². The molecule has 2 N–H and O–H groups in total. The van der Waals surface area contributed by atoms with Gasteiger partial charge >= 0.3 is 5.97 Å². The second-order valence-corrected chi connectivity index (χ2v) is 4.78. The summed E-state index contributed by atoms with van der Waals surface area (Å²) in [7, 11) is 0. The number of nitrogens with one attached hydrogen (secondary N) is 1. The first-order valence-corrected chi connectivity index (χ1v) is 6.07. The van der Waals surface area contributed by atoms with Crippen molar-refractivity contribution in [3.63, 3.8) is 0 Å². The Kier molecular flexibility index (Phi) is 3.64. The number of likely N-dealkylation sites (tertiary alicyclic amines) is 1. The molecule has 1 aliphatic rings. The molecule has 1 saturated heterocycles. The van der Waals surface area contributed by atoms with Crippen LogP contribution in [0.25, 0.3) is 0 Å². The lowest BCUT2D eigenvalue weighted by Crippen LogP contribution is -2.50. The molecule has 2 unspecified atom stereocenters. The average molecular weight is 265 g/mol. The molecular formula is C12H15N3O4. The topological polar surface area (TPSA) is 103 Å². The molecule has 1 fully saturated rings. The van der Waals surface area contributed by atoms with Crippen LogP contribution in [0.5, 0.6) is 0 Å². The van der Waals surface area contributed by atoms with Crippen molar-refractivity contribution in [1.29, 1.82) is 0 Å². The van der Waals surface area contributed by atoms with Gasteiger partial charge in [0, 0.05) is 12.7 Å². The molecule has 2 atom stereocenters. The maximum absolute atomic E-state index is 12.2. The molecular weight excluding hydrogens is 250 g/mol. The number of amides is 1. The minimum absolute atomic E-state index is 0.0559. The minimum Gasteiger partial charge on any atom is -0.480 e. The summed E-state index contributed by atoms with van der Waals surface area (Å²) >= 11 is 0. The maximum Gasteiger partial charge on any atom is 0.326 e. The van der Waals surface area contributed by atoms with Crippen LogP contribution >= 0.6 is 0 Å². The van der Waals surface area contributed by atoms with E-state index in [0.717, 1.165) is 12.6 Å². The van der Waals surface area contributed by atoms with Gasteiger partial charge in [0.1, 0.15) is 11.7 Å². The molecule has 7 nitrogen and oxygen atoms in total. The summed E-state index contributed by atoms with van der Waals surface area (Å²) in [5, 5.41) is 9.19. The van der Waals surface area contributed by atoms with Crippen LogP contribution in [-0.4, -0.2) is 44.4 Å². The van der Waals surface area contributed by atoms with Crippen LogP contribution < -0.4 is 5.56 Å². The number of H-pyrrole nitrogens is 1. The number of rotatable bonds is 2. The number of hydrogen-bond donors (Lipinski definition) is 2. The second kappa shape index (κ2) is 5.21. The molecule has 1 aliphatic heterocycles. The fraction of sp³-hybridized carbons (Fsp3) is 0.500. The van der Waals surface area contributed by atoms with Gasteiger partial charge in [0.15, 0.2) is 0 Å². The fourth-order valence-electron chi connectivity index (χ4n) is 2.23. The Hall–Kier alpha value is -2.18. The van der Waals surface area contributed by atoms with E-state index in [0.29, 0.717) is 13.0 Å². The van der Waals surface area contributed by atoms with Gasteiger partial charge in [-0.2, -0.15) is 0 Å². The predicted molar refractivity (Wildman–Crippen MR) is 65.7 cm³/mol. The van der Waals surface area contributed by atoms with Crippen LogP contribution in [0.2, 0.25) is 0 Å². The van der Waals surface area contributed by atoms with Crippen molar-refractivity contribution in [1.82, 2.24) is 14.9 Å². The third kappa shape index (κ3) is 2.81. The number of piperidine rings is 1. The zero-order chi connectivity index (χ0) is 14.0. The summed E-state index contributed by atoms with van der Waals surface area (Å²) in [6, 6.07) is -0.829. The van der Waals surface area contributed by atoms with E-state index in [1.165, 1.54) is 11.1 Å². The maximum atomic E-state index is 12.2. The summed E-state index contributed by atoms with van der Waals surface area (Å²) in [4.78, 5) is 41.7. The Labute approximate surface area is 109 Å². The van der Waals surface area contributed by atoms with E-state index >= 15 is 0 Å². The van der Waals surface area contributed by atoms with Gasteiger partial charge in [-0.1, -0.05) is 6.92 Å². The number of carbonyl (C=O) groups is 2. The van der Waals surface area contributed by atoms with Crippen LogP contribution in [0.3, 0.4) is 0 Å². The predicted octanol–water partition coefficient (Wildman–Crippen LogP) is 0.0952. The first kappa shape index (κ1) is 13.3. The highest BCUT2D eigenvalue weighted by Crippen LogP contribution is 2.23. The number of carbonyl (C=O) groups excluding carboxylic acids is 1. The lowest BCUT2D eigenvalue weighted by Gasteiger charge is -2.35. The number of aliphatic carboxylic acids is 1. The van der Waals surface area contributed by atoms with Crippen molar-refractivity contribution in [2.45, 2.75) is 25.8 Å². The third-order valence-corrected chi connectivity index (χ3v) is 3.30. The van der Waals surface area contributed by atoms with Gasteiger partial charge < -0.3 is 15.0 Å². The largest absolute Gasteiger partial charge is 0.480 e. The van der Waals surface area contributed by atoms with Crippen LogP contribution in [-0.2, 0) is 4.79 Å². The number of aromatic nitrogens is 2. The Bertz CT molecular complexity index is 534. The molecule has 1 aromatic heterocycles. The normalized spacial score (nSPS) is 23.1. The summed E-state index contributed by atoms with van der Waals surface area (Å²) in [5.41, 5.74) is -0.348. The minimum atomic E-state index is -1.01. The van der Waals surface area contributed by atoms with Gasteiger partial charge in [-0.3, -0.25) is 9.59 Å². The molecule has 0 radical (unpaired) electrons. The average Bonchev–Trinajstić information content (AvgIpc) is 2.38. The SMILES string of the molecule is CC1CCN(C(=O)c2c[nH]c(=O)cn2)C(C(=O)O)C1. The lowest BCUT2D eigenvalue weighted by atomic mass is 9.92. The summed E-state index contributed by atoms with van der Waals surface area (Å²) < 4.78 is 0. The molecule has 102 valence electrons. The highest BCUT2D eigenvalue weighted by Gasteiger charge is 2.35. The third-order valence-electron chi connectivity index (χ3n) is 3.30. The van der Waals surface area contributed by atoms with E-state index in [1.54, 1.807) is 0 Å². The Balaban J connectivity index is 2.23. The van der Waals surface area contributed by atoms with Crippen molar-refractivity contribution in [2.24, 2.45) is 5.92 Å². The molecule has 0 aromatic carbocycles. The van der Waals surface area contributed by atoms with Gasteiger partial charge in [0.05, 0.1) is 6.20 Å². The standard InChI is InChI=1S/C12H15N3O4/c1-7-2-3-15(9(4-7)12(18)19)11(17)8-5-14-10(16)6-13-8/h5-7,9H,2-4H2,1H3,(H,14,16)(H,18,19). The summed E-state index contributed by atoms with van der Waals surface area (Å²) in [6.07, 6.45) is 3.42. The van der Waals surface area contributed by atoms with Crippen LogP contribution in [0, 0.1) is 5.92 Å². The van der Waals surface area contributed by atoms with Gasteiger partial charge in [0.25, 0.3) is 11.5 Å². The molecule has 0 spiro atoms. The molecule has 0 bridgehead atoms. The summed E-state index contributed by atoms with van der Waals surface area (Å²) in [6.45, 7) is 2.35. The number of carboxylic acid groups (broad SMARTS) is 1. The molecule has 19 heavy (non-hydrogen) atoms. The molecule has 2 rings (SSSR count). The zero-order valence-corrected chi connectivity index (χ0v) is 10.5. The monoisotopic (exact) mass is 265 g/mol. The first-order valence-electron chi connectivity index (χ1n) is 6.07. The second-order valence-electron chi connectivity index (χ2n) is 4.78.